The first-order chi connectivity index (χ1) is 9.79. The average molecular weight is 298 g/mol. The first-order valence-corrected chi connectivity index (χ1v) is 6.30. The fraction of sp³-hybridized carbons (Fsp3) is 0.267. The lowest BCUT2D eigenvalue weighted by Crippen LogP contribution is -2.12. The van der Waals surface area contributed by atoms with E-state index >= 15 is 0 Å². The number of nitrogens with zero attached hydrogens (tertiary/aromatic N) is 1. The van der Waals surface area contributed by atoms with Gasteiger partial charge in [0.2, 0.25) is 0 Å². The third-order valence-electron chi connectivity index (χ3n) is 3.07. The fourth-order valence-electron chi connectivity index (χ4n) is 2.10. The van der Waals surface area contributed by atoms with Crippen molar-refractivity contribution in [3.63, 3.8) is 0 Å². The molecule has 0 fully saturated rings. The van der Waals surface area contributed by atoms with Crippen molar-refractivity contribution in [2.24, 2.45) is 0 Å². The number of aromatic nitrogens is 1. The van der Waals surface area contributed by atoms with Crippen molar-refractivity contribution in [3.8, 4) is 0 Å². The van der Waals surface area contributed by atoms with Gasteiger partial charge in [-0.15, -0.1) is 0 Å². The molecule has 0 saturated heterocycles. The van der Waals surface area contributed by atoms with Crippen LogP contribution >= 0.6 is 0 Å². The number of halogens is 4. The minimum Gasteiger partial charge on any atom is -0.365 e. The molecule has 0 saturated carbocycles. The number of benzene rings is 1. The van der Waals surface area contributed by atoms with Crippen molar-refractivity contribution in [1.82, 2.24) is 4.98 Å². The van der Waals surface area contributed by atoms with E-state index < -0.39 is 11.7 Å². The molecule has 0 spiro atoms. The highest BCUT2D eigenvalue weighted by molar-refractivity contribution is 5.46. The fourth-order valence-corrected chi connectivity index (χ4v) is 2.10. The Morgan fingerprint density at radius 1 is 1.14 bits per heavy atom. The van der Waals surface area contributed by atoms with Crippen molar-refractivity contribution in [2.45, 2.75) is 26.6 Å². The summed E-state index contributed by atoms with van der Waals surface area (Å²) in [7, 11) is 0. The molecule has 1 aromatic heterocycles. The molecule has 1 N–H and O–H groups in total. The number of hydrogen-bond acceptors (Lipinski definition) is 2. The Morgan fingerprint density at radius 2 is 1.76 bits per heavy atom. The van der Waals surface area contributed by atoms with Gasteiger partial charge < -0.3 is 5.32 Å². The molecule has 0 aliphatic rings. The second kappa shape index (κ2) is 5.71. The molecule has 2 aromatic rings. The molecular weight excluding hydrogens is 284 g/mol. The van der Waals surface area contributed by atoms with Crippen LogP contribution in [0.25, 0.3) is 0 Å². The van der Waals surface area contributed by atoms with Crippen LogP contribution in [0.4, 0.5) is 23.4 Å². The molecule has 1 aromatic carbocycles. The average Bonchev–Trinajstić information content (AvgIpc) is 2.41. The maximum atomic E-state index is 13.5. The zero-order valence-corrected chi connectivity index (χ0v) is 11.6. The number of nitrogens with one attached hydrogen (secondary N) is 1. The number of aryl methyl sites for hydroxylation is 2. The van der Waals surface area contributed by atoms with Crippen LogP contribution < -0.4 is 5.32 Å². The molecule has 21 heavy (non-hydrogen) atoms. The highest BCUT2D eigenvalue weighted by Gasteiger charge is 2.33. The number of rotatable bonds is 3. The molecule has 6 heteroatoms. The van der Waals surface area contributed by atoms with Gasteiger partial charge in [0, 0.05) is 12.7 Å². The second-order valence-electron chi connectivity index (χ2n) is 4.79. The predicted molar refractivity (Wildman–Crippen MR) is 72.4 cm³/mol. The predicted octanol–water partition coefficient (Wildman–Crippen LogP) is 4.47. The smallest absolute Gasteiger partial charge is 0.365 e. The molecule has 112 valence electrons. The Balaban J connectivity index is 2.21. The Labute approximate surface area is 119 Å². The van der Waals surface area contributed by atoms with E-state index in [1.54, 1.807) is 26.0 Å². The van der Waals surface area contributed by atoms with Gasteiger partial charge in [0.25, 0.3) is 0 Å². The summed E-state index contributed by atoms with van der Waals surface area (Å²) >= 11 is 0. The molecule has 2 rings (SSSR count). The van der Waals surface area contributed by atoms with Gasteiger partial charge in [0.15, 0.2) is 0 Å². The summed E-state index contributed by atoms with van der Waals surface area (Å²) in [4.78, 5) is 3.72. The summed E-state index contributed by atoms with van der Waals surface area (Å²) in [6.07, 6.45) is -3.18. The SMILES string of the molecule is Cc1cc(CNc2ncccc2C(F)(F)F)cc(C)c1F. The van der Waals surface area contributed by atoms with Crippen molar-refractivity contribution in [1.29, 1.82) is 0 Å². The van der Waals surface area contributed by atoms with Gasteiger partial charge in [-0.25, -0.2) is 9.37 Å². The molecule has 0 aliphatic carbocycles. The van der Waals surface area contributed by atoms with Crippen molar-refractivity contribution in [2.75, 3.05) is 5.32 Å². The van der Waals surface area contributed by atoms with E-state index in [0.717, 1.165) is 6.07 Å². The summed E-state index contributed by atoms with van der Waals surface area (Å²) in [5.41, 5.74) is 0.804. The zero-order chi connectivity index (χ0) is 15.6. The maximum absolute atomic E-state index is 13.5. The molecule has 0 aliphatic heterocycles. The first-order valence-electron chi connectivity index (χ1n) is 6.30. The van der Waals surface area contributed by atoms with E-state index in [9.17, 15) is 17.6 Å². The van der Waals surface area contributed by atoms with Crippen molar-refractivity contribution < 1.29 is 17.6 Å². The van der Waals surface area contributed by atoms with Crippen LogP contribution in [-0.2, 0) is 12.7 Å². The topological polar surface area (TPSA) is 24.9 Å². The monoisotopic (exact) mass is 298 g/mol. The Hall–Kier alpha value is -2.11. The Kier molecular flexibility index (Phi) is 4.16. The van der Waals surface area contributed by atoms with Gasteiger partial charge >= 0.3 is 6.18 Å². The van der Waals surface area contributed by atoms with E-state index in [4.69, 9.17) is 0 Å². The van der Waals surface area contributed by atoms with Gasteiger partial charge in [-0.3, -0.25) is 0 Å². The van der Waals surface area contributed by atoms with Crippen LogP contribution in [0.1, 0.15) is 22.3 Å². The van der Waals surface area contributed by atoms with E-state index in [0.29, 0.717) is 16.7 Å². The van der Waals surface area contributed by atoms with Crippen LogP contribution in [0.5, 0.6) is 0 Å². The molecule has 0 bridgehead atoms. The van der Waals surface area contributed by atoms with Crippen LogP contribution in [0.15, 0.2) is 30.5 Å². The van der Waals surface area contributed by atoms with E-state index in [2.05, 4.69) is 10.3 Å². The highest BCUT2D eigenvalue weighted by atomic mass is 19.4. The van der Waals surface area contributed by atoms with Gasteiger partial charge in [0.1, 0.15) is 11.6 Å². The third-order valence-corrected chi connectivity index (χ3v) is 3.07. The maximum Gasteiger partial charge on any atom is 0.419 e. The molecule has 1 heterocycles. The second-order valence-corrected chi connectivity index (χ2v) is 4.79. The minimum atomic E-state index is -4.47. The zero-order valence-electron chi connectivity index (χ0n) is 11.6. The Bertz CT molecular complexity index is 627. The number of hydrogen-bond donors (Lipinski definition) is 1. The van der Waals surface area contributed by atoms with Crippen LogP contribution in [-0.4, -0.2) is 4.98 Å². The quantitative estimate of drug-likeness (QED) is 0.846. The van der Waals surface area contributed by atoms with Crippen molar-refractivity contribution in [3.05, 3.63) is 58.5 Å². The largest absolute Gasteiger partial charge is 0.419 e. The normalized spacial score (nSPS) is 11.5. The summed E-state index contributed by atoms with van der Waals surface area (Å²) in [5, 5.41) is 2.66. The number of pyridine rings is 1. The first kappa shape index (κ1) is 15.3. The van der Waals surface area contributed by atoms with E-state index in [-0.39, 0.29) is 18.2 Å². The standard InChI is InChI=1S/C15H14F4N2/c1-9-6-11(7-10(2)13(9)16)8-21-14-12(15(17,18)19)4-3-5-20-14/h3-7H,8H2,1-2H3,(H,20,21). The molecule has 0 atom stereocenters. The van der Waals surface area contributed by atoms with E-state index in [1.807, 2.05) is 0 Å². The third kappa shape index (κ3) is 3.51. The summed E-state index contributed by atoms with van der Waals surface area (Å²) in [6.45, 7) is 3.38. The number of alkyl halides is 3. The molecule has 2 nitrogen and oxygen atoms in total. The van der Waals surface area contributed by atoms with Gasteiger partial charge in [-0.05, 0) is 42.7 Å². The summed E-state index contributed by atoms with van der Waals surface area (Å²) < 4.78 is 52.0. The number of anilines is 1. The van der Waals surface area contributed by atoms with Crippen molar-refractivity contribution >= 4 is 5.82 Å². The van der Waals surface area contributed by atoms with Gasteiger partial charge in [-0.2, -0.15) is 13.2 Å². The lowest BCUT2D eigenvalue weighted by molar-refractivity contribution is -0.137. The Morgan fingerprint density at radius 3 is 2.33 bits per heavy atom. The van der Waals surface area contributed by atoms with Crippen LogP contribution in [0.3, 0.4) is 0 Å². The molecular formula is C15H14F4N2. The molecule has 0 unspecified atom stereocenters. The van der Waals surface area contributed by atoms with Gasteiger partial charge in [0.05, 0.1) is 5.56 Å². The summed E-state index contributed by atoms with van der Waals surface area (Å²) in [6, 6.07) is 5.41. The lowest BCUT2D eigenvalue weighted by atomic mass is 10.1. The highest BCUT2D eigenvalue weighted by Crippen LogP contribution is 2.33. The molecule has 0 radical (unpaired) electrons. The summed E-state index contributed by atoms with van der Waals surface area (Å²) in [5.74, 6) is -0.530. The molecule has 0 amide bonds. The van der Waals surface area contributed by atoms with Crippen LogP contribution in [0.2, 0.25) is 0 Å². The van der Waals surface area contributed by atoms with Gasteiger partial charge in [-0.1, -0.05) is 12.1 Å². The lowest BCUT2D eigenvalue weighted by Gasteiger charge is -2.14. The minimum absolute atomic E-state index is 0.141. The van der Waals surface area contributed by atoms with E-state index in [1.165, 1.54) is 12.3 Å². The van der Waals surface area contributed by atoms with Crippen LogP contribution in [0, 0.1) is 19.7 Å².